The Hall–Kier alpha value is -1.75. The van der Waals surface area contributed by atoms with Crippen molar-refractivity contribution in [2.24, 2.45) is 0 Å². The zero-order chi connectivity index (χ0) is 13.5. The summed E-state index contributed by atoms with van der Waals surface area (Å²) in [6.07, 6.45) is 0.866. The molecule has 0 aliphatic rings. The van der Waals surface area contributed by atoms with Crippen molar-refractivity contribution in [3.63, 3.8) is 0 Å². The van der Waals surface area contributed by atoms with Crippen LogP contribution in [0.4, 0.5) is 5.69 Å². The van der Waals surface area contributed by atoms with Crippen molar-refractivity contribution < 1.29 is 14.6 Å². The van der Waals surface area contributed by atoms with Crippen LogP contribution in [0.2, 0.25) is 0 Å². The average Bonchev–Trinajstić information content (AvgIpc) is 2.38. The van der Waals surface area contributed by atoms with Crippen molar-refractivity contribution in [3.05, 3.63) is 23.8 Å². The maximum atomic E-state index is 11.8. The van der Waals surface area contributed by atoms with Crippen LogP contribution in [0.1, 0.15) is 30.1 Å². The fraction of sp³-hybridized carbons (Fsp3) is 0.462. The molecule has 1 aromatic rings. The Morgan fingerprint density at radius 1 is 1.56 bits per heavy atom. The number of amides is 1. The maximum absolute atomic E-state index is 11.8. The third-order valence-corrected chi connectivity index (χ3v) is 2.73. The van der Waals surface area contributed by atoms with E-state index >= 15 is 0 Å². The van der Waals surface area contributed by atoms with Crippen LogP contribution in [0.3, 0.4) is 0 Å². The lowest BCUT2D eigenvalue weighted by atomic mass is 10.1. The molecule has 0 fully saturated rings. The van der Waals surface area contributed by atoms with E-state index in [0.29, 0.717) is 36.4 Å². The molecule has 0 radical (unpaired) electrons. The van der Waals surface area contributed by atoms with Crippen LogP contribution in [-0.4, -0.2) is 30.8 Å². The van der Waals surface area contributed by atoms with Crippen LogP contribution in [-0.2, 0) is 0 Å². The van der Waals surface area contributed by atoms with Crippen molar-refractivity contribution >= 4 is 11.6 Å². The summed E-state index contributed by atoms with van der Waals surface area (Å²) in [4.78, 5) is 11.8. The minimum Gasteiger partial charge on any atom is -0.495 e. The van der Waals surface area contributed by atoms with Crippen molar-refractivity contribution in [2.45, 2.75) is 25.9 Å². The van der Waals surface area contributed by atoms with E-state index in [4.69, 9.17) is 10.5 Å². The number of nitrogen functional groups attached to an aromatic ring is 1. The molecule has 0 heterocycles. The normalized spacial score (nSPS) is 11.9. The minimum absolute atomic E-state index is 0.201. The number of carbonyl (C=O) groups excluding carboxylic acids is 1. The van der Waals surface area contributed by atoms with Gasteiger partial charge in [0.1, 0.15) is 5.75 Å². The molecule has 0 aliphatic heterocycles. The molecule has 4 N–H and O–H groups in total. The van der Waals surface area contributed by atoms with Crippen molar-refractivity contribution in [3.8, 4) is 5.75 Å². The number of aliphatic hydroxyl groups is 1. The highest BCUT2D eigenvalue weighted by atomic mass is 16.5. The Morgan fingerprint density at radius 3 is 2.83 bits per heavy atom. The second-order valence-corrected chi connectivity index (χ2v) is 4.06. The molecule has 1 aromatic carbocycles. The van der Waals surface area contributed by atoms with E-state index in [-0.39, 0.29) is 12.0 Å². The average molecular weight is 252 g/mol. The van der Waals surface area contributed by atoms with Gasteiger partial charge in [-0.05, 0) is 31.0 Å². The molecule has 0 spiro atoms. The van der Waals surface area contributed by atoms with E-state index in [0.717, 1.165) is 0 Å². The summed E-state index contributed by atoms with van der Waals surface area (Å²) in [5, 5.41) is 12.1. The second-order valence-electron chi connectivity index (χ2n) is 4.06. The van der Waals surface area contributed by atoms with Gasteiger partial charge in [-0.15, -0.1) is 0 Å². The predicted molar refractivity (Wildman–Crippen MR) is 70.7 cm³/mol. The van der Waals surface area contributed by atoms with Gasteiger partial charge >= 0.3 is 0 Å². The van der Waals surface area contributed by atoms with Crippen molar-refractivity contribution in [1.29, 1.82) is 0 Å². The first-order chi connectivity index (χ1) is 8.58. The number of rotatable bonds is 6. The smallest absolute Gasteiger partial charge is 0.251 e. The van der Waals surface area contributed by atoms with Gasteiger partial charge in [-0.3, -0.25) is 4.79 Å². The Labute approximate surface area is 107 Å². The fourth-order valence-electron chi connectivity index (χ4n) is 1.53. The predicted octanol–water partition coefficient (Wildman–Crippen LogP) is 1.17. The molecule has 1 rings (SSSR count). The van der Waals surface area contributed by atoms with Gasteiger partial charge in [-0.25, -0.2) is 0 Å². The van der Waals surface area contributed by atoms with Crippen LogP contribution in [0.25, 0.3) is 0 Å². The van der Waals surface area contributed by atoms with Crippen LogP contribution in [0, 0.1) is 0 Å². The van der Waals surface area contributed by atoms with Gasteiger partial charge < -0.3 is 20.9 Å². The Morgan fingerprint density at radius 2 is 2.28 bits per heavy atom. The number of hydrogen-bond acceptors (Lipinski definition) is 4. The fourth-order valence-corrected chi connectivity index (χ4v) is 1.53. The number of anilines is 1. The quantitative estimate of drug-likeness (QED) is 0.663. The molecule has 1 amide bonds. The zero-order valence-electron chi connectivity index (χ0n) is 10.8. The lowest BCUT2D eigenvalue weighted by molar-refractivity contribution is 0.0942. The van der Waals surface area contributed by atoms with Gasteiger partial charge in [0.2, 0.25) is 0 Å². The highest BCUT2D eigenvalue weighted by molar-refractivity contribution is 5.95. The van der Waals surface area contributed by atoms with Gasteiger partial charge in [-0.2, -0.15) is 0 Å². The first-order valence-electron chi connectivity index (χ1n) is 5.98. The summed E-state index contributed by atoms with van der Waals surface area (Å²) in [6.45, 7) is 2.34. The molecular weight excluding hydrogens is 232 g/mol. The molecular formula is C13H20N2O3. The standard InChI is InChI=1S/C13H20N2O3/c1-3-10(16)6-7-15-13(17)9-4-5-12(18-2)11(14)8-9/h4-5,8,10,16H,3,6-7,14H2,1-2H3,(H,15,17). The topological polar surface area (TPSA) is 84.6 Å². The number of nitrogens with two attached hydrogens (primary N) is 1. The van der Waals surface area contributed by atoms with E-state index in [1.165, 1.54) is 7.11 Å². The monoisotopic (exact) mass is 252 g/mol. The number of benzene rings is 1. The van der Waals surface area contributed by atoms with Crippen molar-refractivity contribution in [2.75, 3.05) is 19.4 Å². The van der Waals surface area contributed by atoms with Gasteiger partial charge in [0.05, 0.1) is 18.9 Å². The third kappa shape index (κ3) is 3.92. The lowest BCUT2D eigenvalue weighted by Crippen LogP contribution is -2.27. The number of aliphatic hydroxyl groups excluding tert-OH is 1. The Bertz CT molecular complexity index is 407. The van der Waals surface area contributed by atoms with Gasteiger partial charge in [-0.1, -0.05) is 6.92 Å². The van der Waals surface area contributed by atoms with E-state index in [2.05, 4.69) is 5.32 Å². The van der Waals surface area contributed by atoms with E-state index < -0.39 is 0 Å². The summed E-state index contributed by atoms with van der Waals surface area (Å²) in [5.41, 5.74) is 6.64. The molecule has 1 atom stereocenters. The SMILES string of the molecule is CCC(O)CCNC(=O)c1ccc(OC)c(N)c1. The molecule has 0 bridgehead atoms. The van der Waals surface area contributed by atoms with Crippen LogP contribution in [0.15, 0.2) is 18.2 Å². The minimum atomic E-state index is -0.369. The molecule has 1 unspecified atom stereocenters. The zero-order valence-corrected chi connectivity index (χ0v) is 10.8. The summed E-state index contributed by atoms with van der Waals surface area (Å²) in [7, 11) is 1.53. The molecule has 5 heteroatoms. The first kappa shape index (κ1) is 14.3. The van der Waals surface area contributed by atoms with Gasteiger partial charge in [0, 0.05) is 12.1 Å². The molecule has 0 saturated heterocycles. The number of nitrogens with one attached hydrogen (secondary N) is 1. The van der Waals surface area contributed by atoms with Crippen molar-refractivity contribution in [1.82, 2.24) is 5.32 Å². The number of ether oxygens (including phenoxy) is 1. The molecule has 0 aliphatic carbocycles. The third-order valence-electron chi connectivity index (χ3n) is 2.73. The number of carbonyl (C=O) groups is 1. The molecule has 100 valence electrons. The highest BCUT2D eigenvalue weighted by Gasteiger charge is 2.08. The molecule has 18 heavy (non-hydrogen) atoms. The van der Waals surface area contributed by atoms with E-state index in [9.17, 15) is 9.90 Å². The number of hydrogen-bond donors (Lipinski definition) is 3. The van der Waals surface area contributed by atoms with E-state index in [1.807, 2.05) is 6.92 Å². The molecule has 0 aromatic heterocycles. The summed E-state index contributed by atoms with van der Waals surface area (Å²) in [5.74, 6) is 0.348. The van der Waals surface area contributed by atoms with Gasteiger partial charge in [0.15, 0.2) is 0 Å². The summed E-state index contributed by atoms with van der Waals surface area (Å²) < 4.78 is 5.02. The highest BCUT2D eigenvalue weighted by Crippen LogP contribution is 2.21. The van der Waals surface area contributed by atoms with Crippen LogP contribution in [0.5, 0.6) is 5.75 Å². The second kappa shape index (κ2) is 6.86. The number of methoxy groups -OCH3 is 1. The molecule has 0 saturated carbocycles. The van der Waals surface area contributed by atoms with Crippen LogP contribution < -0.4 is 15.8 Å². The first-order valence-corrected chi connectivity index (χ1v) is 5.98. The van der Waals surface area contributed by atoms with Crippen LogP contribution >= 0.6 is 0 Å². The summed E-state index contributed by atoms with van der Waals surface area (Å²) in [6, 6.07) is 4.89. The largest absolute Gasteiger partial charge is 0.495 e. The lowest BCUT2D eigenvalue weighted by Gasteiger charge is -2.10. The van der Waals surface area contributed by atoms with E-state index in [1.54, 1.807) is 18.2 Å². The Balaban J connectivity index is 2.54. The Kier molecular flexibility index (Phi) is 5.45. The summed E-state index contributed by atoms with van der Waals surface area (Å²) >= 11 is 0. The van der Waals surface area contributed by atoms with Gasteiger partial charge in [0.25, 0.3) is 5.91 Å². The molecule has 5 nitrogen and oxygen atoms in total. The maximum Gasteiger partial charge on any atom is 0.251 e.